The van der Waals surface area contributed by atoms with Gasteiger partial charge >= 0.3 is 13.1 Å². The molecule has 0 radical (unpaired) electrons. The van der Waals surface area contributed by atoms with Gasteiger partial charge in [-0.1, -0.05) is 46.8 Å². The van der Waals surface area contributed by atoms with Gasteiger partial charge in [-0.25, -0.2) is 0 Å². The summed E-state index contributed by atoms with van der Waals surface area (Å²) in [4.78, 5) is 11.4. The highest BCUT2D eigenvalue weighted by Crippen LogP contribution is 2.64. The van der Waals surface area contributed by atoms with Gasteiger partial charge in [0.2, 0.25) is 0 Å². The zero-order valence-corrected chi connectivity index (χ0v) is 22.2. The van der Waals surface area contributed by atoms with Crippen LogP contribution in [-0.4, -0.2) is 49.6 Å². The van der Waals surface area contributed by atoms with Crippen molar-refractivity contribution in [3.63, 3.8) is 0 Å². The fourth-order valence-corrected chi connectivity index (χ4v) is 6.73. The summed E-state index contributed by atoms with van der Waals surface area (Å²) in [6.45, 7) is 17.6. The second kappa shape index (κ2) is 8.46. The minimum atomic E-state index is -2.08. The summed E-state index contributed by atoms with van der Waals surface area (Å²) in [5, 5.41) is 9.01. The lowest BCUT2D eigenvalue weighted by Crippen LogP contribution is -2.63. The van der Waals surface area contributed by atoms with Crippen LogP contribution in [0.15, 0.2) is 12.2 Å². The molecule has 1 heterocycles. The molecule has 0 aromatic heterocycles. The van der Waals surface area contributed by atoms with Gasteiger partial charge in [-0.15, -0.1) is 11.6 Å². The standard InChI is InChI=1S/C23H40BClO5Si/c1-21(2,3)31(7,8)29-16(13-19(26)27)10-9-11-18(25)24-28-20-17-12-15(22(17,4)5)14-23(20,6)30-24/h9-10,15-18,20H,11-14H2,1-8H3,(H,26,27)/t15-,16?,17+,18-,20-,23+/m1/s1. The fourth-order valence-electron chi connectivity index (χ4n) is 5.25. The Hall–Kier alpha value is -0.338. The Morgan fingerprint density at radius 2 is 2.00 bits per heavy atom. The maximum absolute atomic E-state index is 11.4. The number of carboxylic acid groups (broad SMARTS) is 1. The summed E-state index contributed by atoms with van der Waals surface area (Å²) in [6, 6.07) is 0. The zero-order valence-electron chi connectivity index (χ0n) is 20.4. The van der Waals surface area contributed by atoms with Gasteiger partial charge in [-0.05, 0) is 61.6 Å². The summed E-state index contributed by atoms with van der Waals surface area (Å²) < 4.78 is 19.0. The van der Waals surface area contributed by atoms with Crippen molar-refractivity contribution in [3.8, 4) is 0 Å². The molecule has 1 aliphatic heterocycles. The summed E-state index contributed by atoms with van der Waals surface area (Å²) in [5.74, 6) is 0.356. The summed E-state index contributed by atoms with van der Waals surface area (Å²) in [6.07, 6.45) is 6.17. The normalized spacial score (nSPS) is 34.4. The van der Waals surface area contributed by atoms with Gasteiger partial charge in [0, 0.05) is 0 Å². The van der Waals surface area contributed by atoms with E-state index in [1.165, 1.54) is 6.42 Å². The highest BCUT2D eigenvalue weighted by atomic mass is 35.5. The van der Waals surface area contributed by atoms with Crippen molar-refractivity contribution in [1.29, 1.82) is 0 Å². The SMILES string of the molecule is CC1(C)[C@@H]2C[C@H]1[C@H]1OB([C@H](Cl)CC=CC(CC(=O)O)O[Si](C)(C)C(C)(C)C)O[C@@]1(C)C2. The summed E-state index contributed by atoms with van der Waals surface area (Å²) >= 11 is 6.69. The Bertz CT molecular complexity index is 721. The topological polar surface area (TPSA) is 65.0 Å². The van der Waals surface area contributed by atoms with Crippen LogP contribution in [0, 0.1) is 17.3 Å². The molecule has 3 aliphatic carbocycles. The van der Waals surface area contributed by atoms with E-state index >= 15 is 0 Å². The molecule has 1 N–H and O–H groups in total. The molecule has 4 rings (SSSR count). The smallest absolute Gasteiger partial charge is 0.477 e. The van der Waals surface area contributed by atoms with Crippen LogP contribution in [0.2, 0.25) is 18.1 Å². The monoisotopic (exact) mass is 470 g/mol. The molecule has 176 valence electrons. The quantitative estimate of drug-likeness (QED) is 0.281. The third-order valence-electron chi connectivity index (χ3n) is 8.47. The van der Waals surface area contributed by atoms with Crippen LogP contribution >= 0.6 is 11.6 Å². The van der Waals surface area contributed by atoms with Crippen LogP contribution in [0.1, 0.15) is 67.2 Å². The zero-order chi connectivity index (χ0) is 23.4. The number of alkyl halides is 1. The van der Waals surface area contributed by atoms with E-state index in [1.807, 2.05) is 12.2 Å². The largest absolute Gasteiger partial charge is 0.481 e. The van der Waals surface area contributed by atoms with Crippen molar-refractivity contribution in [2.24, 2.45) is 17.3 Å². The number of carbonyl (C=O) groups is 1. The summed E-state index contributed by atoms with van der Waals surface area (Å²) in [5.41, 5.74) is 0.0667. The fraction of sp³-hybridized carbons (Fsp3) is 0.870. The first-order valence-electron chi connectivity index (χ1n) is 11.6. The predicted octanol–water partition coefficient (Wildman–Crippen LogP) is 5.67. The molecule has 4 fully saturated rings. The van der Waals surface area contributed by atoms with Crippen molar-refractivity contribution >= 4 is 33.0 Å². The second-order valence-corrected chi connectivity index (χ2v) is 17.4. The third kappa shape index (κ3) is 4.96. The number of hydrogen-bond donors (Lipinski definition) is 1. The Balaban J connectivity index is 1.60. The first kappa shape index (κ1) is 25.3. The molecule has 4 aliphatic rings. The molecule has 3 saturated carbocycles. The van der Waals surface area contributed by atoms with Crippen LogP contribution in [0.3, 0.4) is 0 Å². The predicted molar refractivity (Wildman–Crippen MR) is 128 cm³/mol. The number of allylic oxidation sites excluding steroid dienone is 1. The molecule has 0 amide bonds. The van der Waals surface area contributed by atoms with Gasteiger partial charge in [-0.3, -0.25) is 4.79 Å². The molecule has 6 atom stereocenters. The average molecular weight is 471 g/mol. The maximum Gasteiger partial charge on any atom is 0.477 e. The van der Waals surface area contributed by atoms with Crippen molar-refractivity contribution in [1.82, 2.24) is 0 Å². The number of carboxylic acids is 1. The van der Waals surface area contributed by atoms with E-state index in [4.69, 9.17) is 25.3 Å². The molecular formula is C23H40BClO5Si. The Morgan fingerprint density at radius 3 is 2.55 bits per heavy atom. The van der Waals surface area contributed by atoms with E-state index in [9.17, 15) is 9.90 Å². The van der Waals surface area contributed by atoms with Crippen molar-refractivity contribution in [2.75, 3.05) is 0 Å². The van der Waals surface area contributed by atoms with E-state index in [1.54, 1.807) is 0 Å². The lowest BCUT2D eigenvalue weighted by Gasteiger charge is -2.63. The van der Waals surface area contributed by atoms with Gasteiger partial charge in [-0.2, -0.15) is 0 Å². The Morgan fingerprint density at radius 1 is 1.35 bits per heavy atom. The Labute approximate surface area is 194 Å². The molecular weight excluding hydrogens is 431 g/mol. The molecule has 31 heavy (non-hydrogen) atoms. The molecule has 5 nitrogen and oxygen atoms in total. The van der Waals surface area contributed by atoms with E-state index in [-0.39, 0.29) is 28.4 Å². The second-order valence-electron chi connectivity index (χ2n) is 12.1. The van der Waals surface area contributed by atoms with Crippen LogP contribution < -0.4 is 0 Å². The molecule has 2 bridgehead atoms. The van der Waals surface area contributed by atoms with Crippen LogP contribution in [-0.2, 0) is 18.5 Å². The number of hydrogen-bond acceptors (Lipinski definition) is 4. The number of aliphatic carboxylic acids is 1. The first-order valence-corrected chi connectivity index (χ1v) is 14.9. The summed E-state index contributed by atoms with van der Waals surface area (Å²) in [7, 11) is -2.52. The van der Waals surface area contributed by atoms with Crippen LogP contribution in [0.25, 0.3) is 0 Å². The Kier molecular flexibility index (Phi) is 6.90. The first-order chi connectivity index (χ1) is 14.1. The van der Waals surface area contributed by atoms with Crippen molar-refractivity contribution in [3.05, 3.63) is 12.2 Å². The molecule has 8 heteroatoms. The lowest BCUT2D eigenvalue weighted by atomic mass is 9.45. The molecule has 1 saturated heterocycles. The highest BCUT2D eigenvalue weighted by molar-refractivity contribution is 6.74. The van der Waals surface area contributed by atoms with E-state index in [0.29, 0.717) is 23.7 Å². The lowest BCUT2D eigenvalue weighted by molar-refractivity contribution is -0.185. The van der Waals surface area contributed by atoms with Gasteiger partial charge in [0.05, 0.1) is 29.5 Å². The van der Waals surface area contributed by atoms with E-state index in [2.05, 4.69) is 54.6 Å². The van der Waals surface area contributed by atoms with E-state index in [0.717, 1.165) is 6.42 Å². The molecule has 0 aromatic carbocycles. The van der Waals surface area contributed by atoms with Crippen molar-refractivity contribution < 1.29 is 23.6 Å². The minimum absolute atomic E-state index is 0.0122. The third-order valence-corrected chi connectivity index (χ3v) is 13.4. The molecule has 1 unspecified atom stereocenters. The van der Waals surface area contributed by atoms with Crippen LogP contribution in [0.5, 0.6) is 0 Å². The highest BCUT2D eigenvalue weighted by Gasteiger charge is 2.67. The number of halogens is 1. The number of rotatable bonds is 8. The maximum atomic E-state index is 11.4. The molecule has 0 spiro atoms. The van der Waals surface area contributed by atoms with Gasteiger partial charge in [0.25, 0.3) is 0 Å². The minimum Gasteiger partial charge on any atom is -0.481 e. The molecule has 0 aromatic rings. The van der Waals surface area contributed by atoms with Crippen LogP contribution in [0.4, 0.5) is 0 Å². The van der Waals surface area contributed by atoms with Gasteiger partial charge < -0.3 is 18.8 Å². The average Bonchev–Trinajstić information content (AvgIpc) is 2.96. The van der Waals surface area contributed by atoms with Gasteiger partial charge in [0.15, 0.2) is 8.32 Å². The van der Waals surface area contributed by atoms with Crippen molar-refractivity contribution in [2.45, 2.75) is 108 Å². The van der Waals surface area contributed by atoms with Gasteiger partial charge in [0.1, 0.15) is 0 Å². The van der Waals surface area contributed by atoms with E-state index < -0.39 is 27.5 Å².